The van der Waals surface area contributed by atoms with E-state index >= 15 is 0 Å². The van der Waals surface area contributed by atoms with Crippen molar-refractivity contribution in [2.24, 2.45) is 5.92 Å². The van der Waals surface area contributed by atoms with E-state index < -0.39 is 28.3 Å². The lowest BCUT2D eigenvalue weighted by Crippen LogP contribution is -2.47. The Morgan fingerprint density at radius 2 is 1.38 bits per heavy atom. The molecule has 0 radical (unpaired) electrons. The van der Waals surface area contributed by atoms with Crippen LogP contribution in [0.25, 0.3) is 11.1 Å². The predicted molar refractivity (Wildman–Crippen MR) is 240 cm³/mol. The molecule has 1 aliphatic rings. The van der Waals surface area contributed by atoms with Gasteiger partial charge in [-0.25, -0.2) is 8.42 Å². The van der Waals surface area contributed by atoms with Crippen molar-refractivity contribution < 1.29 is 27.8 Å². The van der Waals surface area contributed by atoms with Gasteiger partial charge in [0.25, 0.3) is 0 Å². The minimum atomic E-state index is -3.98. The standard InChI is InChI=1S/C51H55N3O6S/c1-35-19-29-45(30-20-35)61(57,58)53-47(31-38-13-7-5-8-14-38)50(56)52-32-44-17-11-12-18-46(44)41-25-27-43(28-26-41)51-59-48(33-54(4)37(3)40-15-9-6-10-16-40)36(2)49(60-51)42-23-21-39(34-55)22-24-42/h5-30,36-37,47-49,51,53,55H,31-34H2,1-4H3,(H,52,56)/t36-,37+,47-,48+,49+,51+/m1/s1. The maximum absolute atomic E-state index is 13.9. The van der Waals surface area contributed by atoms with Gasteiger partial charge >= 0.3 is 0 Å². The molecule has 0 saturated carbocycles. The van der Waals surface area contributed by atoms with Gasteiger partial charge in [0, 0.05) is 30.6 Å². The van der Waals surface area contributed by atoms with Crippen molar-refractivity contribution in [1.29, 1.82) is 0 Å². The normalized spacial score (nSPS) is 19.0. The van der Waals surface area contributed by atoms with Gasteiger partial charge in [-0.05, 0) is 78.4 Å². The molecule has 1 saturated heterocycles. The SMILES string of the molecule is Cc1ccc(S(=O)(=O)N[C@H](Cc2ccccc2)C(=O)NCc2ccccc2-c2ccc([C@H]3O[C@@H](CN(C)[C@@H](C)c4ccccc4)[C@@H](C)[C@@H](c4ccc(CO)cc4)O3)cc2)cc1. The zero-order chi connectivity index (χ0) is 42.9. The number of aliphatic hydroxyl groups excluding tert-OH is 1. The Morgan fingerprint density at radius 1 is 0.754 bits per heavy atom. The van der Waals surface area contributed by atoms with Gasteiger partial charge in [-0.1, -0.05) is 158 Å². The van der Waals surface area contributed by atoms with E-state index in [9.17, 15) is 18.3 Å². The van der Waals surface area contributed by atoms with E-state index in [1.165, 1.54) is 5.56 Å². The Labute approximate surface area is 360 Å². The number of nitrogens with zero attached hydrogens (tertiary/aromatic N) is 1. The van der Waals surface area contributed by atoms with Crippen LogP contribution in [0.4, 0.5) is 0 Å². The average Bonchev–Trinajstić information content (AvgIpc) is 3.29. The number of aliphatic hydroxyl groups is 1. The molecule has 10 heteroatoms. The number of nitrogens with one attached hydrogen (secondary N) is 2. The molecule has 0 bridgehead atoms. The molecule has 0 spiro atoms. The van der Waals surface area contributed by atoms with Gasteiger partial charge in [-0.3, -0.25) is 9.69 Å². The monoisotopic (exact) mass is 837 g/mol. The predicted octanol–water partition coefficient (Wildman–Crippen LogP) is 8.84. The molecular formula is C51H55N3O6S. The number of likely N-dealkylation sites (N-methyl/N-ethyl adjacent to an activating group) is 1. The van der Waals surface area contributed by atoms with Crippen LogP contribution in [0.2, 0.25) is 0 Å². The van der Waals surface area contributed by atoms with Gasteiger partial charge in [0.15, 0.2) is 6.29 Å². The largest absolute Gasteiger partial charge is 0.392 e. The molecule has 61 heavy (non-hydrogen) atoms. The Hall–Kier alpha value is -5.46. The highest BCUT2D eigenvalue weighted by Gasteiger charge is 2.39. The Kier molecular flexibility index (Phi) is 14.3. The van der Waals surface area contributed by atoms with Crippen molar-refractivity contribution in [2.45, 2.75) is 75.8 Å². The van der Waals surface area contributed by atoms with Crippen molar-refractivity contribution >= 4 is 15.9 Å². The van der Waals surface area contributed by atoms with E-state index in [2.05, 4.69) is 60.1 Å². The summed E-state index contributed by atoms with van der Waals surface area (Å²) in [6.45, 7) is 7.13. The van der Waals surface area contributed by atoms with Crippen molar-refractivity contribution in [3.05, 3.63) is 197 Å². The Bertz CT molecular complexity index is 2450. The summed E-state index contributed by atoms with van der Waals surface area (Å²) in [4.78, 5) is 16.3. The van der Waals surface area contributed by atoms with E-state index in [4.69, 9.17) is 9.47 Å². The fourth-order valence-corrected chi connectivity index (χ4v) is 9.04. The molecule has 3 N–H and O–H groups in total. The summed E-state index contributed by atoms with van der Waals surface area (Å²) in [5.41, 5.74) is 8.53. The zero-order valence-corrected chi connectivity index (χ0v) is 36.0. The van der Waals surface area contributed by atoms with Crippen molar-refractivity contribution in [1.82, 2.24) is 14.9 Å². The number of amides is 1. The number of rotatable bonds is 16. The summed E-state index contributed by atoms with van der Waals surface area (Å²) in [6.07, 6.45) is -0.831. The van der Waals surface area contributed by atoms with Gasteiger partial charge < -0.3 is 19.9 Å². The number of benzene rings is 6. The summed E-state index contributed by atoms with van der Waals surface area (Å²) < 4.78 is 43.2. The molecule has 0 unspecified atom stereocenters. The molecule has 0 aromatic heterocycles. The third kappa shape index (κ3) is 10.9. The maximum Gasteiger partial charge on any atom is 0.241 e. The average molecular weight is 838 g/mol. The Morgan fingerprint density at radius 3 is 2.05 bits per heavy atom. The lowest BCUT2D eigenvalue weighted by atomic mass is 9.89. The molecular weight excluding hydrogens is 783 g/mol. The van der Waals surface area contributed by atoms with Crippen molar-refractivity contribution in [3.8, 4) is 11.1 Å². The van der Waals surface area contributed by atoms with Crippen LogP contribution in [0.3, 0.4) is 0 Å². The fourth-order valence-electron chi connectivity index (χ4n) is 7.85. The lowest BCUT2D eigenvalue weighted by molar-refractivity contribution is -0.276. The smallest absolute Gasteiger partial charge is 0.241 e. The van der Waals surface area contributed by atoms with Gasteiger partial charge in [-0.15, -0.1) is 0 Å². The van der Waals surface area contributed by atoms with Crippen LogP contribution in [-0.2, 0) is 43.9 Å². The van der Waals surface area contributed by atoms with Crippen LogP contribution >= 0.6 is 0 Å². The van der Waals surface area contributed by atoms with Crippen LogP contribution in [0.5, 0.6) is 0 Å². The third-order valence-corrected chi connectivity index (χ3v) is 13.2. The number of hydrogen-bond acceptors (Lipinski definition) is 7. The molecule has 0 aliphatic carbocycles. The van der Waals surface area contributed by atoms with Gasteiger partial charge in [0.1, 0.15) is 6.04 Å². The zero-order valence-electron chi connectivity index (χ0n) is 35.1. The number of sulfonamides is 1. The summed E-state index contributed by atoms with van der Waals surface area (Å²) in [5.74, 6) is -0.391. The molecule has 6 atom stereocenters. The first-order valence-corrected chi connectivity index (χ1v) is 22.3. The summed E-state index contributed by atoms with van der Waals surface area (Å²) in [6, 6.07) is 49.5. The molecule has 1 amide bonds. The molecule has 316 valence electrons. The highest BCUT2D eigenvalue weighted by atomic mass is 32.2. The first-order chi connectivity index (χ1) is 29.5. The van der Waals surface area contributed by atoms with Crippen LogP contribution in [0.15, 0.2) is 163 Å². The van der Waals surface area contributed by atoms with Crippen molar-refractivity contribution in [3.63, 3.8) is 0 Å². The first-order valence-electron chi connectivity index (χ1n) is 20.8. The summed E-state index contributed by atoms with van der Waals surface area (Å²) in [5, 5.41) is 12.7. The number of hydrogen-bond donors (Lipinski definition) is 3. The molecule has 6 aromatic rings. The molecule has 9 nitrogen and oxygen atoms in total. The van der Waals surface area contributed by atoms with Crippen LogP contribution < -0.4 is 10.0 Å². The second-order valence-corrected chi connectivity index (χ2v) is 17.7. The van der Waals surface area contributed by atoms with Crippen LogP contribution in [0, 0.1) is 12.8 Å². The quantitative estimate of drug-likeness (QED) is 0.0893. The van der Waals surface area contributed by atoms with E-state index in [1.807, 2.05) is 116 Å². The molecule has 7 rings (SSSR count). The van der Waals surface area contributed by atoms with Crippen molar-refractivity contribution in [2.75, 3.05) is 13.6 Å². The Balaban J connectivity index is 1.09. The third-order valence-electron chi connectivity index (χ3n) is 11.7. The summed E-state index contributed by atoms with van der Waals surface area (Å²) >= 11 is 0. The van der Waals surface area contributed by atoms with Gasteiger partial charge in [-0.2, -0.15) is 4.72 Å². The fraction of sp³-hybridized carbons (Fsp3) is 0.275. The minimum Gasteiger partial charge on any atom is -0.392 e. The number of carbonyl (C=O) groups is 1. The summed E-state index contributed by atoms with van der Waals surface area (Å²) in [7, 11) is -1.85. The van der Waals surface area contributed by atoms with E-state index in [1.54, 1.807) is 24.3 Å². The maximum atomic E-state index is 13.9. The molecule has 1 aliphatic heterocycles. The van der Waals surface area contributed by atoms with E-state index in [0.717, 1.165) is 44.5 Å². The number of aryl methyl sites for hydroxylation is 1. The van der Waals surface area contributed by atoms with E-state index in [-0.39, 0.29) is 48.6 Å². The molecule has 1 fully saturated rings. The highest BCUT2D eigenvalue weighted by molar-refractivity contribution is 7.89. The van der Waals surface area contributed by atoms with Gasteiger partial charge in [0.05, 0.1) is 23.7 Å². The number of carbonyl (C=O) groups excluding carboxylic acids is 1. The molecule has 1 heterocycles. The van der Waals surface area contributed by atoms with Gasteiger partial charge in [0.2, 0.25) is 15.9 Å². The first kappa shape index (κ1) is 43.6. The van der Waals surface area contributed by atoms with E-state index in [0.29, 0.717) is 6.54 Å². The highest BCUT2D eigenvalue weighted by Crippen LogP contribution is 2.42. The van der Waals surface area contributed by atoms with Crippen LogP contribution in [0.1, 0.15) is 71.2 Å². The topological polar surface area (TPSA) is 117 Å². The van der Waals surface area contributed by atoms with Crippen LogP contribution in [-0.4, -0.2) is 50.1 Å². The second kappa shape index (κ2) is 19.9. The lowest BCUT2D eigenvalue weighted by Gasteiger charge is -2.43. The molecule has 6 aromatic carbocycles. The second-order valence-electron chi connectivity index (χ2n) is 16.0. The minimum absolute atomic E-state index is 0.0232. The number of ether oxygens (including phenoxy) is 2.